The van der Waals surface area contributed by atoms with E-state index in [2.05, 4.69) is 37.5 Å². The number of aryl methyl sites for hydroxylation is 1. The fourth-order valence-electron chi connectivity index (χ4n) is 1.82. The monoisotopic (exact) mass is 307 g/mol. The van der Waals surface area contributed by atoms with Gasteiger partial charge in [0.2, 0.25) is 11.8 Å². The predicted octanol–water partition coefficient (Wildman–Crippen LogP) is 3.06. The first kappa shape index (κ1) is 11.9. The highest BCUT2D eigenvalue weighted by Crippen LogP contribution is 2.24. The van der Waals surface area contributed by atoms with Crippen molar-refractivity contribution in [1.29, 1.82) is 0 Å². The second-order valence-electron chi connectivity index (χ2n) is 4.67. The Balaban J connectivity index is 1.78. The lowest BCUT2D eigenvalue weighted by atomic mass is 10.1. The molecule has 0 atom stereocenters. The van der Waals surface area contributed by atoms with Gasteiger partial charge < -0.3 is 9.73 Å². The van der Waals surface area contributed by atoms with Crippen LogP contribution in [0.5, 0.6) is 0 Å². The number of halogens is 1. The summed E-state index contributed by atoms with van der Waals surface area (Å²) in [5.41, 5.74) is 2.11. The molecule has 0 saturated heterocycles. The van der Waals surface area contributed by atoms with Crippen LogP contribution in [0.2, 0.25) is 0 Å². The molecular weight excluding hydrogens is 294 g/mol. The van der Waals surface area contributed by atoms with Crippen molar-refractivity contribution in [1.82, 2.24) is 15.5 Å². The minimum atomic E-state index is 0.576. The first-order chi connectivity index (χ1) is 8.70. The van der Waals surface area contributed by atoms with E-state index in [9.17, 15) is 0 Å². The van der Waals surface area contributed by atoms with Crippen molar-refractivity contribution < 1.29 is 4.42 Å². The quantitative estimate of drug-likeness (QED) is 0.943. The number of benzene rings is 1. The molecule has 0 unspecified atom stereocenters. The third-order valence-electron chi connectivity index (χ3n) is 2.88. The molecule has 1 aromatic carbocycles. The Labute approximate surface area is 114 Å². The highest BCUT2D eigenvalue weighted by atomic mass is 79.9. The SMILES string of the molecule is Cc1cc(Br)cc(-c2nnc(CNC3CC3)o2)c1. The Kier molecular flexibility index (Phi) is 3.18. The van der Waals surface area contributed by atoms with Gasteiger partial charge in [-0.05, 0) is 43.5 Å². The normalized spacial score (nSPS) is 15.0. The molecule has 0 bridgehead atoms. The fourth-order valence-corrected chi connectivity index (χ4v) is 2.43. The van der Waals surface area contributed by atoms with Gasteiger partial charge in [0.05, 0.1) is 6.54 Å². The zero-order valence-corrected chi connectivity index (χ0v) is 11.7. The van der Waals surface area contributed by atoms with Gasteiger partial charge in [0, 0.05) is 16.1 Å². The first-order valence-corrected chi connectivity index (χ1v) is 6.83. The number of hydrogen-bond acceptors (Lipinski definition) is 4. The second-order valence-corrected chi connectivity index (χ2v) is 5.59. The summed E-state index contributed by atoms with van der Waals surface area (Å²) in [6.45, 7) is 2.70. The van der Waals surface area contributed by atoms with E-state index >= 15 is 0 Å². The van der Waals surface area contributed by atoms with Gasteiger partial charge in [0.1, 0.15) is 0 Å². The summed E-state index contributed by atoms with van der Waals surface area (Å²) >= 11 is 3.47. The van der Waals surface area contributed by atoms with Crippen LogP contribution in [0.1, 0.15) is 24.3 Å². The number of aromatic nitrogens is 2. The Bertz CT molecular complexity index is 543. The van der Waals surface area contributed by atoms with Gasteiger partial charge in [0.15, 0.2) is 0 Å². The van der Waals surface area contributed by atoms with E-state index in [1.165, 1.54) is 12.8 Å². The van der Waals surface area contributed by atoms with Gasteiger partial charge in [-0.1, -0.05) is 15.9 Å². The summed E-state index contributed by atoms with van der Waals surface area (Å²) in [6, 6.07) is 6.72. The van der Waals surface area contributed by atoms with Gasteiger partial charge in [-0.15, -0.1) is 10.2 Å². The smallest absolute Gasteiger partial charge is 0.247 e. The Morgan fingerprint density at radius 1 is 1.33 bits per heavy atom. The predicted molar refractivity (Wildman–Crippen MR) is 72.0 cm³/mol. The molecule has 1 aliphatic carbocycles. The maximum absolute atomic E-state index is 5.65. The van der Waals surface area contributed by atoms with E-state index in [0.29, 0.717) is 24.4 Å². The lowest BCUT2D eigenvalue weighted by Gasteiger charge is -1.99. The van der Waals surface area contributed by atoms with E-state index in [1.54, 1.807) is 0 Å². The van der Waals surface area contributed by atoms with Crippen molar-refractivity contribution in [2.75, 3.05) is 0 Å². The van der Waals surface area contributed by atoms with E-state index in [1.807, 2.05) is 19.1 Å². The van der Waals surface area contributed by atoms with Gasteiger partial charge in [-0.25, -0.2) is 0 Å². The number of nitrogens with one attached hydrogen (secondary N) is 1. The maximum atomic E-state index is 5.65. The van der Waals surface area contributed by atoms with Crippen molar-refractivity contribution in [2.45, 2.75) is 32.4 Å². The average Bonchev–Trinajstić information content (AvgIpc) is 3.02. The van der Waals surface area contributed by atoms with Crippen molar-refractivity contribution in [3.05, 3.63) is 34.1 Å². The molecule has 1 fully saturated rings. The number of nitrogens with zero attached hydrogens (tertiary/aromatic N) is 2. The number of hydrogen-bond donors (Lipinski definition) is 1. The lowest BCUT2D eigenvalue weighted by molar-refractivity contribution is 0.476. The molecule has 1 saturated carbocycles. The second kappa shape index (κ2) is 4.82. The van der Waals surface area contributed by atoms with Crippen LogP contribution in [0, 0.1) is 6.92 Å². The highest BCUT2D eigenvalue weighted by molar-refractivity contribution is 9.10. The zero-order valence-electron chi connectivity index (χ0n) is 10.1. The molecule has 0 amide bonds. The van der Waals surface area contributed by atoms with Crippen LogP contribution in [-0.2, 0) is 6.54 Å². The average molecular weight is 308 g/mol. The molecule has 94 valence electrons. The molecule has 4 nitrogen and oxygen atoms in total. The van der Waals surface area contributed by atoms with E-state index < -0.39 is 0 Å². The Morgan fingerprint density at radius 2 is 2.17 bits per heavy atom. The van der Waals surface area contributed by atoms with Gasteiger partial charge in [0.25, 0.3) is 0 Å². The molecule has 2 aromatic rings. The standard InChI is InChI=1S/C13H14BrN3O/c1-8-4-9(6-10(14)5-8)13-17-16-12(18-13)7-15-11-2-3-11/h4-6,11,15H,2-3,7H2,1H3. The third-order valence-corrected chi connectivity index (χ3v) is 3.33. The molecule has 0 radical (unpaired) electrons. The molecule has 1 aliphatic rings. The summed E-state index contributed by atoms with van der Waals surface area (Å²) in [6.07, 6.45) is 2.51. The zero-order chi connectivity index (χ0) is 12.5. The van der Waals surface area contributed by atoms with Crippen molar-refractivity contribution in [3.8, 4) is 11.5 Å². The summed E-state index contributed by atoms with van der Waals surface area (Å²) in [4.78, 5) is 0. The molecule has 1 aromatic heterocycles. The molecule has 0 spiro atoms. The topological polar surface area (TPSA) is 51.0 Å². The maximum Gasteiger partial charge on any atom is 0.247 e. The lowest BCUT2D eigenvalue weighted by Crippen LogP contribution is -2.15. The van der Waals surface area contributed by atoms with Crippen molar-refractivity contribution in [3.63, 3.8) is 0 Å². The summed E-state index contributed by atoms with van der Waals surface area (Å²) < 4.78 is 6.67. The molecule has 18 heavy (non-hydrogen) atoms. The third kappa shape index (κ3) is 2.79. The fraction of sp³-hybridized carbons (Fsp3) is 0.385. The van der Waals surface area contributed by atoms with Crippen LogP contribution in [0.3, 0.4) is 0 Å². The van der Waals surface area contributed by atoms with Gasteiger partial charge in [-0.3, -0.25) is 0 Å². The minimum absolute atomic E-state index is 0.576. The molecular formula is C13H14BrN3O. The summed E-state index contributed by atoms with van der Waals surface area (Å²) in [7, 11) is 0. The van der Waals surface area contributed by atoms with Crippen LogP contribution in [0.15, 0.2) is 27.1 Å². The minimum Gasteiger partial charge on any atom is -0.419 e. The van der Waals surface area contributed by atoms with Crippen LogP contribution >= 0.6 is 15.9 Å². The largest absolute Gasteiger partial charge is 0.419 e. The van der Waals surface area contributed by atoms with E-state index in [0.717, 1.165) is 15.6 Å². The summed E-state index contributed by atoms with van der Waals surface area (Å²) in [5, 5.41) is 11.5. The van der Waals surface area contributed by atoms with Gasteiger partial charge >= 0.3 is 0 Å². The molecule has 1 N–H and O–H groups in total. The van der Waals surface area contributed by atoms with E-state index in [4.69, 9.17) is 4.42 Å². The molecule has 0 aliphatic heterocycles. The van der Waals surface area contributed by atoms with Gasteiger partial charge in [-0.2, -0.15) is 0 Å². The molecule has 3 rings (SSSR count). The van der Waals surface area contributed by atoms with Crippen LogP contribution in [-0.4, -0.2) is 16.2 Å². The van der Waals surface area contributed by atoms with Crippen LogP contribution in [0.4, 0.5) is 0 Å². The Hall–Kier alpha value is -1.20. The molecule has 1 heterocycles. The Morgan fingerprint density at radius 3 is 2.89 bits per heavy atom. The van der Waals surface area contributed by atoms with E-state index in [-0.39, 0.29) is 0 Å². The number of rotatable bonds is 4. The first-order valence-electron chi connectivity index (χ1n) is 6.04. The van der Waals surface area contributed by atoms with Crippen molar-refractivity contribution in [2.24, 2.45) is 0 Å². The molecule has 5 heteroatoms. The summed E-state index contributed by atoms with van der Waals surface area (Å²) in [5.74, 6) is 1.22. The van der Waals surface area contributed by atoms with Crippen molar-refractivity contribution >= 4 is 15.9 Å². The highest BCUT2D eigenvalue weighted by Gasteiger charge is 2.21. The van der Waals surface area contributed by atoms with Crippen LogP contribution in [0.25, 0.3) is 11.5 Å². The van der Waals surface area contributed by atoms with Crippen LogP contribution < -0.4 is 5.32 Å².